The maximum Gasteiger partial charge on any atom is 0.141 e. The first-order valence-corrected chi connectivity index (χ1v) is 5.92. The molecule has 1 rings (SSSR count). The number of rotatable bonds is 5. The number of hydrogen-bond acceptors (Lipinski definition) is 2. The van der Waals surface area contributed by atoms with E-state index >= 15 is 0 Å². The molecule has 0 saturated heterocycles. The quantitative estimate of drug-likeness (QED) is 0.830. The van der Waals surface area contributed by atoms with Gasteiger partial charge in [0.25, 0.3) is 0 Å². The van der Waals surface area contributed by atoms with Crippen molar-refractivity contribution in [1.29, 1.82) is 0 Å². The zero-order valence-corrected chi connectivity index (χ0v) is 10.5. The fraction of sp³-hybridized carbons (Fsp3) is 0.615. The van der Waals surface area contributed by atoms with Crippen LogP contribution in [-0.4, -0.2) is 11.0 Å². The van der Waals surface area contributed by atoms with Crippen LogP contribution in [0.1, 0.15) is 45.9 Å². The Bertz CT molecular complexity index is 308. The lowest BCUT2D eigenvalue weighted by atomic mass is 10.0. The van der Waals surface area contributed by atoms with Gasteiger partial charge in [0.15, 0.2) is 0 Å². The van der Waals surface area contributed by atoms with Crippen LogP contribution < -0.4 is 5.32 Å². The van der Waals surface area contributed by atoms with Crippen molar-refractivity contribution in [2.45, 2.75) is 46.2 Å². The molecule has 0 saturated carbocycles. The van der Waals surface area contributed by atoms with Crippen LogP contribution in [0.5, 0.6) is 0 Å². The van der Waals surface area contributed by atoms with Crippen molar-refractivity contribution in [1.82, 2.24) is 10.3 Å². The first kappa shape index (κ1) is 13.1. The second-order valence-electron chi connectivity index (χ2n) is 4.56. The molecule has 0 spiro atoms. The highest BCUT2D eigenvalue weighted by Gasteiger charge is 2.15. The number of hydrogen-bond donors (Lipinski definition) is 1. The van der Waals surface area contributed by atoms with Crippen LogP contribution in [0.4, 0.5) is 4.39 Å². The predicted octanol–water partition coefficient (Wildman–Crippen LogP) is 3.31. The van der Waals surface area contributed by atoms with E-state index in [0.717, 1.165) is 12.1 Å². The first-order chi connectivity index (χ1) is 7.54. The van der Waals surface area contributed by atoms with Crippen molar-refractivity contribution in [3.8, 4) is 0 Å². The highest BCUT2D eigenvalue weighted by Crippen LogP contribution is 2.16. The summed E-state index contributed by atoms with van der Waals surface area (Å²) in [6.45, 7) is 8.64. The van der Waals surface area contributed by atoms with E-state index in [1.54, 1.807) is 6.07 Å². The summed E-state index contributed by atoms with van der Waals surface area (Å²) in [6, 6.07) is 3.85. The Balaban J connectivity index is 2.70. The van der Waals surface area contributed by atoms with Crippen LogP contribution in [0.3, 0.4) is 0 Å². The Morgan fingerprint density at radius 2 is 2.00 bits per heavy atom. The lowest BCUT2D eigenvalue weighted by Crippen LogP contribution is -2.34. The highest BCUT2D eigenvalue weighted by atomic mass is 19.1. The molecule has 0 aliphatic rings. The summed E-state index contributed by atoms with van der Waals surface area (Å²) < 4.78 is 12.8. The van der Waals surface area contributed by atoms with Crippen molar-refractivity contribution in [2.75, 3.05) is 0 Å². The average Bonchev–Trinajstić information content (AvgIpc) is 2.26. The number of aromatic nitrogens is 1. The van der Waals surface area contributed by atoms with E-state index in [9.17, 15) is 4.39 Å². The fourth-order valence-electron chi connectivity index (χ4n) is 1.52. The zero-order valence-electron chi connectivity index (χ0n) is 10.5. The van der Waals surface area contributed by atoms with Crippen molar-refractivity contribution >= 4 is 0 Å². The fourth-order valence-corrected chi connectivity index (χ4v) is 1.52. The highest BCUT2D eigenvalue weighted by molar-refractivity contribution is 5.10. The van der Waals surface area contributed by atoms with Crippen LogP contribution >= 0.6 is 0 Å². The predicted molar refractivity (Wildman–Crippen MR) is 64.7 cm³/mol. The molecule has 1 heterocycles. The Morgan fingerprint density at radius 3 is 2.44 bits per heavy atom. The van der Waals surface area contributed by atoms with Gasteiger partial charge in [0.1, 0.15) is 5.82 Å². The Kier molecular flexibility index (Phi) is 4.87. The number of nitrogens with zero attached hydrogens (tertiary/aromatic N) is 1. The van der Waals surface area contributed by atoms with Crippen LogP contribution in [0.25, 0.3) is 0 Å². The molecule has 0 bridgehead atoms. The van der Waals surface area contributed by atoms with Gasteiger partial charge in [-0.3, -0.25) is 4.98 Å². The minimum absolute atomic E-state index is 0.206. The van der Waals surface area contributed by atoms with Crippen LogP contribution in [0.15, 0.2) is 18.3 Å². The lowest BCUT2D eigenvalue weighted by Gasteiger charge is -2.24. The Hall–Kier alpha value is -0.960. The topological polar surface area (TPSA) is 24.9 Å². The molecule has 1 N–H and O–H groups in total. The second kappa shape index (κ2) is 5.94. The first-order valence-electron chi connectivity index (χ1n) is 5.92. The molecule has 0 radical (unpaired) electrons. The maximum absolute atomic E-state index is 12.8. The Labute approximate surface area is 97.3 Å². The van der Waals surface area contributed by atoms with Gasteiger partial charge in [0.2, 0.25) is 0 Å². The van der Waals surface area contributed by atoms with E-state index < -0.39 is 0 Å². The molecule has 2 atom stereocenters. The van der Waals surface area contributed by atoms with Gasteiger partial charge in [-0.05, 0) is 31.4 Å². The smallest absolute Gasteiger partial charge is 0.141 e. The van der Waals surface area contributed by atoms with Gasteiger partial charge in [-0.15, -0.1) is 0 Å². The molecule has 16 heavy (non-hydrogen) atoms. The number of nitrogens with one attached hydrogen (secondary N) is 1. The summed E-state index contributed by atoms with van der Waals surface area (Å²) in [5, 5.41) is 3.52. The van der Waals surface area contributed by atoms with Gasteiger partial charge in [-0.2, -0.15) is 0 Å². The third-order valence-electron chi connectivity index (χ3n) is 2.98. The molecule has 0 amide bonds. The molecule has 0 aromatic carbocycles. The van der Waals surface area contributed by atoms with E-state index in [2.05, 4.69) is 38.0 Å². The van der Waals surface area contributed by atoms with E-state index in [-0.39, 0.29) is 11.9 Å². The van der Waals surface area contributed by atoms with Crippen molar-refractivity contribution < 1.29 is 4.39 Å². The molecule has 3 heteroatoms. The van der Waals surface area contributed by atoms with E-state index in [4.69, 9.17) is 0 Å². The van der Waals surface area contributed by atoms with Gasteiger partial charge < -0.3 is 5.32 Å². The summed E-state index contributed by atoms with van der Waals surface area (Å²) in [5.41, 5.74) is 0.913. The van der Waals surface area contributed by atoms with Crippen molar-refractivity contribution in [2.24, 2.45) is 5.92 Å². The molecule has 0 aliphatic carbocycles. The van der Waals surface area contributed by atoms with Gasteiger partial charge >= 0.3 is 0 Å². The summed E-state index contributed by atoms with van der Waals surface area (Å²) >= 11 is 0. The van der Waals surface area contributed by atoms with E-state index in [0.29, 0.717) is 12.0 Å². The van der Waals surface area contributed by atoms with E-state index in [1.165, 1.54) is 12.3 Å². The largest absolute Gasteiger partial charge is 0.306 e. The second-order valence-corrected chi connectivity index (χ2v) is 4.56. The van der Waals surface area contributed by atoms with Crippen LogP contribution in [-0.2, 0) is 0 Å². The van der Waals surface area contributed by atoms with Crippen LogP contribution in [0, 0.1) is 11.7 Å². The summed E-state index contributed by atoms with van der Waals surface area (Å²) in [4.78, 5) is 4.12. The molecule has 2 nitrogen and oxygen atoms in total. The lowest BCUT2D eigenvalue weighted by molar-refractivity contribution is 0.366. The molecule has 0 fully saturated rings. The molecule has 1 aromatic rings. The molecular formula is C13H21FN2. The SMILES string of the molecule is CCC(NC(C)C(C)C)c1ccc(F)cn1. The molecule has 0 aliphatic heterocycles. The van der Waals surface area contributed by atoms with Crippen molar-refractivity contribution in [3.05, 3.63) is 29.8 Å². The average molecular weight is 224 g/mol. The van der Waals surface area contributed by atoms with Gasteiger partial charge in [0, 0.05) is 12.1 Å². The third-order valence-corrected chi connectivity index (χ3v) is 2.98. The molecule has 1 aromatic heterocycles. The van der Waals surface area contributed by atoms with Crippen LogP contribution in [0.2, 0.25) is 0 Å². The minimum Gasteiger partial charge on any atom is -0.306 e. The molecular weight excluding hydrogens is 203 g/mol. The standard InChI is InChI=1S/C13H21FN2/c1-5-12(16-10(4)9(2)3)13-7-6-11(14)8-15-13/h6-10,12,16H,5H2,1-4H3. The number of halogens is 1. The number of pyridine rings is 1. The maximum atomic E-state index is 12.8. The zero-order chi connectivity index (χ0) is 12.1. The third kappa shape index (κ3) is 3.56. The normalized spacial score (nSPS) is 15.1. The van der Waals surface area contributed by atoms with Gasteiger partial charge in [0.05, 0.1) is 11.9 Å². The monoisotopic (exact) mass is 224 g/mol. The summed E-state index contributed by atoms with van der Waals surface area (Å²) in [7, 11) is 0. The molecule has 2 unspecified atom stereocenters. The van der Waals surface area contributed by atoms with Crippen molar-refractivity contribution in [3.63, 3.8) is 0 Å². The van der Waals surface area contributed by atoms with Gasteiger partial charge in [-0.1, -0.05) is 20.8 Å². The summed E-state index contributed by atoms with van der Waals surface area (Å²) in [5.74, 6) is 0.296. The summed E-state index contributed by atoms with van der Waals surface area (Å²) in [6.07, 6.45) is 2.23. The van der Waals surface area contributed by atoms with E-state index in [1.807, 2.05) is 0 Å². The Morgan fingerprint density at radius 1 is 1.31 bits per heavy atom. The minimum atomic E-state index is -0.282. The molecule has 90 valence electrons. The van der Waals surface area contributed by atoms with Gasteiger partial charge in [-0.25, -0.2) is 4.39 Å².